The number of hydrogen-bond donors (Lipinski definition) is 1. The van der Waals surface area contributed by atoms with Gasteiger partial charge in [-0.05, 0) is 63.6 Å². The zero-order valence-electron chi connectivity index (χ0n) is 15.8. The molecule has 3 nitrogen and oxygen atoms in total. The largest absolute Gasteiger partial charge is 0.356 e. The summed E-state index contributed by atoms with van der Waals surface area (Å²) in [7, 11) is 4.38. The van der Waals surface area contributed by atoms with Crippen LogP contribution >= 0.6 is 0 Å². The fraction of sp³-hybridized carbons (Fsp3) is 0.667. The number of amides is 1. The lowest BCUT2D eigenvalue weighted by molar-refractivity contribution is -0.124. The van der Waals surface area contributed by atoms with Crippen LogP contribution in [0.2, 0.25) is 0 Å². The Bertz CT molecular complexity index is 492. The molecule has 0 bridgehead atoms. The fourth-order valence-electron chi connectivity index (χ4n) is 3.95. The molecule has 1 amide bonds. The molecule has 2 unspecified atom stereocenters. The number of nitrogens with one attached hydrogen (secondary N) is 1. The van der Waals surface area contributed by atoms with Gasteiger partial charge in [0.1, 0.15) is 0 Å². The van der Waals surface area contributed by atoms with Crippen LogP contribution in [-0.4, -0.2) is 31.4 Å². The van der Waals surface area contributed by atoms with E-state index in [0.717, 1.165) is 13.0 Å². The molecule has 1 saturated carbocycles. The second-order valence-electron chi connectivity index (χ2n) is 7.65. The molecule has 0 aliphatic heterocycles. The normalized spacial score (nSPS) is 23.7. The molecule has 0 heterocycles. The number of benzene rings is 1. The average molecular weight is 331 g/mol. The predicted molar refractivity (Wildman–Crippen MR) is 101 cm³/mol. The van der Waals surface area contributed by atoms with Crippen molar-refractivity contribution in [1.82, 2.24) is 10.2 Å². The van der Waals surface area contributed by atoms with E-state index in [2.05, 4.69) is 61.6 Å². The van der Waals surface area contributed by atoms with E-state index in [9.17, 15) is 4.79 Å². The number of hydrogen-bond acceptors (Lipinski definition) is 2. The van der Waals surface area contributed by atoms with E-state index < -0.39 is 0 Å². The van der Waals surface area contributed by atoms with Crippen molar-refractivity contribution in [3.8, 4) is 0 Å². The second kappa shape index (κ2) is 9.22. The maximum Gasteiger partial charge on any atom is 0.222 e. The SMILES string of the molecule is CCC(C)C(=O)NCC1CCC(C(c2ccccc2)N(C)C)CC1. The van der Waals surface area contributed by atoms with Gasteiger partial charge in [0.2, 0.25) is 5.91 Å². The Balaban J connectivity index is 1.86. The first-order valence-electron chi connectivity index (χ1n) is 9.52. The molecule has 0 saturated heterocycles. The summed E-state index contributed by atoms with van der Waals surface area (Å²) in [5.41, 5.74) is 1.43. The van der Waals surface area contributed by atoms with Gasteiger partial charge in [0.25, 0.3) is 0 Å². The molecule has 3 heteroatoms. The van der Waals surface area contributed by atoms with Gasteiger partial charge in [0, 0.05) is 18.5 Å². The van der Waals surface area contributed by atoms with Gasteiger partial charge in [-0.3, -0.25) is 4.79 Å². The van der Waals surface area contributed by atoms with Crippen molar-refractivity contribution in [3.05, 3.63) is 35.9 Å². The summed E-state index contributed by atoms with van der Waals surface area (Å²) in [6.45, 7) is 4.93. The molecule has 0 spiro atoms. The first-order chi connectivity index (χ1) is 11.5. The van der Waals surface area contributed by atoms with Crippen molar-refractivity contribution in [3.63, 3.8) is 0 Å². The molecular weight excluding hydrogens is 296 g/mol. The molecule has 1 aliphatic carbocycles. The van der Waals surface area contributed by atoms with Crippen molar-refractivity contribution in [2.45, 2.75) is 52.0 Å². The molecule has 1 aliphatic rings. The van der Waals surface area contributed by atoms with E-state index in [-0.39, 0.29) is 11.8 Å². The third-order valence-corrected chi connectivity index (χ3v) is 5.66. The minimum atomic E-state index is 0.137. The zero-order valence-corrected chi connectivity index (χ0v) is 15.8. The van der Waals surface area contributed by atoms with E-state index >= 15 is 0 Å². The molecule has 24 heavy (non-hydrogen) atoms. The molecule has 1 aromatic carbocycles. The molecule has 0 aromatic heterocycles. The minimum Gasteiger partial charge on any atom is -0.356 e. The van der Waals surface area contributed by atoms with Crippen LogP contribution in [0.5, 0.6) is 0 Å². The van der Waals surface area contributed by atoms with Crippen LogP contribution < -0.4 is 5.32 Å². The quantitative estimate of drug-likeness (QED) is 0.810. The van der Waals surface area contributed by atoms with Crippen molar-refractivity contribution >= 4 is 5.91 Å². The second-order valence-corrected chi connectivity index (χ2v) is 7.65. The van der Waals surface area contributed by atoms with Crippen LogP contribution in [0, 0.1) is 17.8 Å². The summed E-state index contributed by atoms with van der Waals surface area (Å²) >= 11 is 0. The molecule has 2 rings (SSSR count). The van der Waals surface area contributed by atoms with E-state index in [4.69, 9.17) is 0 Å². The van der Waals surface area contributed by atoms with Crippen LogP contribution in [0.3, 0.4) is 0 Å². The molecular formula is C21H34N2O. The zero-order chi connectivity index (χ0) is 17.5. The van der Waals surface area contributed by atoms with E-state index in [1.165, 1.54) is 31.2 Å². The Morgan fingerprint density at radius 1 is 1.17 bits per heavy atom. The average Bonchev–Trinajstić information content (AvgIpc) is 2.61. The third kappa shape index (κ3) is 5.07. The Labute approximate surface area is 147 Å². The van der Waals surface area contributed by atoms with Crippen molar-refractivity contribution < 1.29 is 4.79 Å². The van der Waals surface area contributed by atoms with Crippen molar-refractivity contribution in [2.75, 3.05) is 20.6 Å². The monoisotopic (exact) mass is 330 g/mol. The third-order valence-electron chi connectivity index (χ3n) is 5.66. The van der Waals surface area contributed by atoms with Crippen LogP contribution in [0.1, 0.15) is 57.6 Å². The van der Waals surface area contributed by atoms with Crippen LogP contribution in [0.15, 0.2) is 30.3 Å². The van der Waals surface area contributed by atoms with E-state index in [0.29, 0.717) is 17.9 Å². The van der Waals surface area contributed by atoms with Gasteiger partial charge in [-0.15, -0.1) is 0 Å². The number of carbonyl (C=O) groups excluding carboxylic acids is 1. The van der Waals surface area contributed by atoms with Gasteiger partial charge in [-0.1, -0.05) is 44.2 Å². The smallest absolute Gasteiger partial charge is 0.222 e. The lowest BCUT2D eigenvalue weighted by Gasteiger charge is -2.37. The molecule has 0 radical (unpaired) electrons. The van der Waals surface area contributed by atoms with Gasteiger partial charge in [0.15, 0.2) is 0 Å². The Hall–Kier alpha value is -1.35. The maximum absolute atomic E-state index is 11.9. The first-order valence-corrected chi connectivity index (χ1v) is 9.52. The van der Waals surface area contributed by atoms with Gasteiger partial charge in [-0.25, -0.2) is 0 Å². The van der Waals surface area contributed by atoms with E-state index in [1.54, 1.807) is 0 Å². The molecule has 1 aromatic rings. The Kier molecular flexibility index (Phi) is 7.29. The van der Waals surface area contributed by atoms with Crippen LogP contribution in [-0.2, 0) is 4.79 Å². The lowest BCUT2D eigenvalue weighted by atomic mass is 9.76. The molecule has 1 fully saturated rings. The van der Waals surface area contributed by atoms with Gasteiger partial charge >= 0.3 is 0 Å². The standard InChI is InChI=1S/C21H34N2O/c1-5-16(2)21(24)22-15-17-11-13-19(14-12-17)20(23(3)4)18-9-7-6-8-10-18/h6-10,16-17,19-20H,5,11-15H2,1-4H3,(H,22,24). The summed E-state index contributed by atoms with van der Waals surface area (Å²) < 4.78 is 0. The maximum atomic E-state index is 11.9. The highest BCUT2D eigenvalue weighted by Gasteiger charge is 2.30. The van der Waals surface area contributed by atoms with Crippen molar-refractivity contribution in [1.29, 1.82) is 0 Å². The topological polar surface area (TPSA) is 32.3 Å². The van der Waals surface area contributed by atoms with Crippen molar-refractivity contribution in [2.24, 2.45) is 17.8 Å². The van der Waals surface area contributed by atoms with E-state index in [1.807, 2.05) is 6.92 Å². The highest BCUT2D eigenvalue weighted by Crippen LogP contribution is 2.39. The highest BCUT2D eigenvalue weighted by atomic mass is 16.1. The number of carbonyl (C=O) groups is 1. The number of rotatable bonds is 7. The van der Waals surface area contributed by atoms with Gasteiger partial charge in [-0.2, -0.15) is 0 Å². The minimum absolute atomic E-state index is 0.137. The van der Waals surface area contributed by atoms with Crippen LogP contribution in [0.25, 0.3) is 0 Å². The fourth-order valence-corrected chi connectivity index (χ4v) is 3.95. The summed E-state index contributed by atoms with van der Waals surface area (Å²) in [5.74, 6) is 1.71. The Morgan fingerprint density at radius 2 is 1.79 bits per heavy atom. The van der Waals surface area contributed by atoms with Gasteiger partial charge < -0.3 is 10.2 Å². The van der Waals surface area contributed by atoms with Crippen LogP contribution in [0.4, 0.5) is 0 Å². The summed E-state index contributed by atoms with van der Waals surface area (Å²) in [5, 5.41) is 3.15. The number of nitrogens with zero attached hydrogens (tertiary/aromatic N) is 1. The molecule has 134 valence electrons. The molecule has 1 N–H and O–H groups in total. The van der Waals surface area contributed by atoms with Gasteiger partial charge in [0.05, 0.1) is 0 Å². The predicted octanol–water partition coefficient (Wildman–Crippen LogP) is 4.26. The highest BCUT2D eigenvalue weighted by molar-refractivity contribution is 5.78. The first kappa shape index (κ1) is 19.0. The summed E-state index contributed by atoms with van der Waals surface area (Å²) in [6, 6.07) is 11.4. The lowest BCUT2D eigenvalue weighted by Crippen LogP contribution is -2.36. The summed E-state index contributed by atoms with van der Waals surface area (Å²) in [4.78, 5) is 14.3. The molecule has 2 atom stereocenters. The Morgan fingerprint density at radius 3 is 2.33 bits per heavy atom. The summed E-state index contributed by atoms with van der Waals surface area (Å²) in [6.07, 6.45) is 5.87.